The van der Waals surface area contributed by atoms with Crippen LogP contribution in [0.25, 0.3) is 0 Å². The van der Waals surface area contributed by atoms with Crippen LogP contribution in [0.2, 0.25) is 0 Å². The summed E-state index contributed by atoms with van der Waals surface area (Å²) in [7, 11) is -1.41. The Kier molecular flexibility index (Phi) is 8.34. The van der Waals surface area contributed by atoms with Crippen molar-refractivity contribution in [1.82, 2.24) is 19.5 Å². The minimum absolute atomic E-state index is 0. The van der Waals surface area contributed by atoms with Crippen molar-refractivity contribution in [3.05, 3.63) is 24.5 Å². The second-order valence-electron chi connectivity index (χ2n) is 5.47. The minimum atomic E-state index is -3.12. The van der Waals surface area contributed by atoms with Crippen molar-refractivity contribution in [2.75, 3.05) is 32.9 Å². The van der Waals surface area contributed by atoms with E-state index in [9.17, 15) is 8.42 Å². The van der Waals surface area contributed by atoms with Gasteiger partial charge in [-0.05, 0) is 25.0 Å². The maximum Gasteiger partial charge on any atom is 0.211 e. The van der Waals surface area contributed by atoms with E-state index < -0.39 is 10.0 Å². The van der Waals surface area contributed by atoms with Gasteiger partial charge in [0, 0.05) is 51.7 Å². The van der Waals surface area contributed by atoms with Crippen LogP contribution in [-0.2, 0) is 16.6 Å². The summed E-state index contributed by atoms with van der Waals surface area (Å²) in [5, 5.41) is 6.45. The van der Waals surface area contributed by atoms with E-state index in [1.165, 1.54) is 6.26 Å². The number of aliphatic imine (C=N–C) groups is 1. The molecule has 0 aliphatic carbocycles. The van der Waals surface area contributed by atoms with Gasteiger partial charge in [-0.15, -0.1) is 24.0 Å². The molecule has 0 aromatic carbocycles. The number of halogens is 1. The fourth-order valence-electron chi connectivity index (χ4n) is 2.71. The number of rotatable bonds is 6. The van der Waals surface area contributed by atoms with Gasteiger partial charge in [0.1, 0.15) is 0 Å². The molecule has 1 aromatic heterocycles. The zero-order chi connectivity index (χ0) is 16.0. The number of hydrogen-bond acceptors (Lipinski definition) is 3. The average molecular weight is 455 g/mol. The fourth-order valence-corrected chi connectivity index (χ4v) is 3.89. The average Bonchev–Trinajstić information content (AvgIpc) is 3.12. The van der Waals surface area contributed by atoms with Crippen molar-refractivity contribution in [2.24, 2.45) is 4.99 Å². The third-order valence-corrected chi connectivity index (χ3v) is 5.14. The standard InChI is InChI=1S/C14H25N5O2S.HI/c1-15-14(16-7-11-18-8-3-4-9-18)17-12-13-6-5-10-19(13)22(2,20)21;/h3-4,8-9,13H,5-7,10-12H2,1-2H3,(H2,15,16,17);1H/t13-;/m1./s1. The van der Waals surface area contributed by atoms with Gasteiger partial charge in [-0.2, -0.15) is 4.31 Å². The highest BCUT2D eigenvalue weighted by atomic mass is 127. The first-order valence-electron chi connectivity index (χ1n) is 7.53. The van der Waals surface area contributed by atoms with Crippen LogP contribution in [0, 0.1) is 0 Å². The van der Waals surface area contributed by atoms with Gasteiger partial charge >= 0.3 is 0 Å². The molecule has 1 atom stereocenters. The second kappa shape index (κ2) is 9.48. The van der Waals surface area contributed by atoms with Gasteiger partial charge in [0.2, 0.25) is 10.0 Å². The SMILES string of the molecule is CN=C(NCCn1cccc1)NC[C@H]1CCCN1S(C)(=O)=O.I. The molecule has 7 nitrogen and oxygen atoms in total. The molecule has 0 bridgehead atoms. The van der Waals surface area contributed by atoms with E-state index in [1.54, 1.807) is 11.4 Å². The normalized spacial score (nSPS) is 19.4. The Bertz CT molecular complexity index is 588. The maximum atomic E-state index is 11.7. The lowest BCUT2D eigenvalue weighted by Crippen LogP contribution is -2.46. The third kappa shape index (κ3) is 6.30. The highest BCUT2D eigenvalue weighted by Gasteiger charge is 2.31. The molecule has 0 amide bonds. The lowest BCUT2D eigenvalue weighted by atomic mass is 10.2. The minimum Gasteiger partial charge on any atom is -0.355 e. The fraction of sp³-hybridized carbons (Fsp3) is 0.643. The van der Waals surface area contributed by atoms with Gasteiger partial charge in [0.05, 0.1) is 6.26 Å². The molecule has 1 aliphatic rings. The third-order valence-electron chi connectivity index (χ3n) is 3.81. The van der Waals surface area contributed by atoms with Crippen LogP contribution in [0.5, 0.6) is 0 Å². The van der Waals surface area contributed by atoms with E-state index in [2.05, 4.69) is 20.2 Å². The van der Waals surface area contributed by atoms with Gasteiger partial charge in [0.25, 0.3) is 0 Å². The summed E-state index contributed by atoms with van der Waals surface area (Å²) in [5.74, 6) is 0.701. The van der Waals surface area contributed by atoms with Gasteiger partial charge < -0.3 is 15.2 Å². The smallest absolute Gasteiger partial charge is 0.211 e. The summed E-state index contributed by atoms with van der Waals surface area (Å²) >= 11 is 0. The molecule has 1 fully saturated rings. The predicted octanol–water partition coefficient (Wildman–Crippen LogP) is 0.695. The molecule has 0 unspecified atom stereocenters. The summed E-state index contributed by atoms with van der Waals surface area (Å²) in [4.78, 5) is 4.17. The number of nitrogens with zero attached hydrogens (tertiary/aromatic N) is 3. The largest absolute Gasteiger partial charge is 0.355 e. The molecule has 9 heteroatoms. The highest BCUT2D eigenvalue weighted by molar-refractivity contribution is 14.0. The summed E-state index contributed by atoms with van der Waals surface area (Å²) in [6.45, 7) is 2.81. The van der Waals surface area contributed by atoms with Crippen LogP contribution >= 0.6 is 24.0 Å². The molecule has 23 heavy (non-hydrogen) atoms. The van der Waals surface area contributed by atoms with Crippen LogP contribution in [0.15, 0.2) is 29.5 Å². The molecule has 1 aromatic rings. The van der Waals surface area contributed by atoms with Crippen LogP contribution < -0.4 is 10.6 Å². The van der Waals surface area contributed by atoms with E-state index in [4.69, 9.17) is 0 Å². The maximum absolute atomic E-state index is 11.7. The predicted molar refractivity (Wildman–Crippen MR) is 104 cm³/mol. The topological polar surface area (TPSA) is 78.7 Å². The van der Waals surface area contributed by atoms with Crippen molar-refractivity contribution in [2.45, 2.75) is 25.4 Å². The molecule has 2 rings (SSSR count). The van der Waals surface area contributed by atoms with Crippen molar-refractivity contribution < 1.29 is 8.42 Å². The number of nitrogens with one attached hydrogen (secondary N) is 2. The van der Waals surface area contributed by atoms with Gasteiger partial charge in [-0.3, -0.25) is 4.99 Å². The van der Waals surface area contributed by atoms with Gasteiger partial charge in [-0.25, -0.2) is 8.42 Å². The van der Waals surface area contributed by atoms with Crippen molar-refractivity contribution in [3.63, 3.8) is 0 Å². The van der Waals surface area contributed by atoms with E-state index >= 15 is 0 Å². The quantitative estimate of drug-likeness (QED) is 0.376. The van der Waals surface area contributed by atoms with E-state index in [0.717, 1.165) is 25.9 Å². The first-order chi connectivity index (χ1) is 10.5. The number of sulfonamides is 1. The lowest BCUT2D eigenvalue weighted by molar-refractivity contribution is 0.387. The molecule has 0 saturated carbocycles. The van der Waals surface area contributed by atoms with Crippen LogP contribution in [0.1, 0.15) is 12.8 Å². The Morgan fingerprint density at radius 1 is 1.30 bits per heavy atom. The molecule has 0 radical (unpaired) electrons. The zero-order valence-electron chi connectivity index (χ0n) is 13.6. The Morgan fingerprint density at radius 3 is 2.61 bits per heavy atom. The van der Waals surface area contributed by atoms with Crippen molar-refractivity contribution >= 4 is 40.0 Å². The summed E-state index contributed by atoms with van der Waals surface area (Å²) in [5.41, 5.74) is 0. The van der Waals surface area contributed by atoms with Crippen LogP contribution in [0.4, 0.5) is 0 Å². The number of guanidine groups is 1. The molecule has 2 heterocycles. The number of hydrogen-bond donors (Lipinski definition) is 2. The molecule has 2 N–H and O–H groups in total. The second-order valence-corrected chi connectivity index (χ2v) is 7.41. The lowest BCUT2D eigenvalue weighted by Gasteiger charge is -2.23. The highest BCUT2D eigenvalue weighted by Crippen LogP contribution is 2.19. The molecular weight excluding hydrogens is 429 g/mol. The van der Waals surface area contributed by atoms with Gasteiger partial charge in [0.15, 0.2) is 5.96 Å². The van der Waals surface area contributed by atoms with Crippen molar-refractivity contribution in [3.8, 4) is 0 Å². The summed E-state index contributed by atoms with van der Waals surface area (Å²) < 4.78 is 27.1. The van der Waals surface area contributed by atoms with Gasteiger partial charge in [-0.1, -0.05) is 0 Å². The Morgan fingerprint density at radius 2 is 2.00 bits per heavy atom. The molecule has 0 spiro atoms. The number of aromatic nitrogens is 1. The van der Waals surface area contributed by atoms with Crippen LogP contribution in [0.3, 0.4) is 0 Å². The van der Waals surface area contributed by atoms with E-state index in [1.807, 2.05) is 24.5 Å². The molecular formula is C14H26IN5O2S. The van der Waals surface area contributed by atoms with E-state index in [-0.39, 0.29) is 30.0 Å². The Hall–Kier alpha value is -0.810. The summed E-state index contributed by atoms with van der Waals surface area (Å²) in [6.07, 6.45) is 7.11. The molecule has 132 valence electrons. The zero-order valence-corrected chi connectivity index (χ0v) is 16.8. The molecule has 1 aliphatic heterocycles. The first-order valence-corrected chi connectivity index (χ1v) is 9.37. The van der Waals surface area contributed by atoms with Crippen molar-refractivity contribution in [1.29, 1.82) is 0 Å². The summed E-state index contributed by atoms with van der Waals surface area (Å²) in [6, 6.07) is 4.00. The van der Waals surface area contributed by atoms with E-state index in [0.29, 0.717) is 19.0 Å². The monoisotopic (exact) mass is 455 g/mol. The molecule has 1 saturated heterocycles. The Balaban J connectivity index is 0.00000264. The first kappa shape index (κ1) is 20.2. The Labute approximate surface area is 155 Å². The van der Waals surface area contributed by atoms with Crippen LogP contribution in [-0.4, -0.2) is 62.2 Å².